The van der Waals surface area contributed by atoms with E-state index < -0.39 is 5.97 Å². The smallest absolute Gasteiger partial charge is 0.338 e. The Labute approximate surface area is 125 Å². The Balaban J connectivity index is 0.00000191. The lowest BCUT2D eigenvalue weighted by atomic mass is 10.2. The van der Waals surface area contributed by atoms with Crippen LogP contribution in [0.3, 0.4) is 0 Å². The maximum atomic E-state index is 11.6. The zero-order valence-corrected chi connectivity index (χ0v) is 12.8. The molecule has 0 spiro atoms. The van der Waals surface area contributed by atoms with Crippen molar-refractivity contribution in [3.05, 3.63) is 29.8 Å². The van der Waals surface area contributed by atoms with E-state index >= 15 is 0 Å². The van der Waals surface area contributed by atoms with Gasteiger partial charge in [-0.25, -0.2) is 9.68 Å². The average Bonchev–Trinajstić information content (AvgIpc) is 2.54. The van der Waals surface area contributed by atoms with Crippen LogP contribution < -0.4 is 4.74 Å². The Morgan fingerprint density at radius 1 is 1.05 bits per heavy atom. The molecule has 0 atom stereocenters. The van der Waals surface area contributed by atoms with Crippen molar-refractivity contribution in [1.29, 1.82) is 0 Å². The molecule has 0 amide bonds. The molecule has 6 heteroatoms. The van der Waals surface area contributed by atoms with Crippen LogP contribution in [0.5, 0.6) is 5.75 Å². The van der Waals surface area contributed by atoms with Crippen molar-refractivity contribution in [3.8, 4) is 5.75 Å². The fourth-order valence-electron chi connectivity index (χ4n) is 1.30. The van der Waals surface area contributed by atoms with Crippen LogP contribution >= 0.6 is 0 Å². The number of esters is 1. The minimum Gasteiger partial charge on any atom is -0.491 e. The molecule has 0 aliphatic rings. The lowest BCUT2D eigenvalue weighted by Crippen LogP contribution is -2.08. The number of hydrogen-bond acceptors (Lipinski definition) is 6. The molecule has 0 aromatic heterocycles. The highest BCUT2D eigenvalue weighted by atomic mass is 17.1. The molecule has 0 heterocycles. The molecule has 0 radical (unpaired) electrons. The van der Waals surface area contributed by atoms with E-state index in [2.05, 4.69) is 4.89 Å². The zero-order chi connectivity index (χ0) is 15.9. The molecule has 6 nitrogen and oxygen atoms in total. The Kier molecular flexibility index (Phi) is 12.3. The average molecular weight is 300 g/mol. The van der Waals surface area contributed by atoms with Crippen LogP contribution in [0.1, 0.15) is 30.6 Å². The van der Waals surface area contributed by atoms with Crippen LogP contribution in [-0.4, -0.2) is 44.8 Å². The first-order valence-electron chi connectivity index (χ1n) is 6.93. The normalized spacial score (nSPS) is 9.52. The largest absolute Gasteiger partial charge is 0.491 e. The highest BCUT2D eigenvalue weighted by Gasteiger charge is 2.06. The van der Waals surface area contributed by atoms with Crippen molar-refractivity contribution in [2.45, 2.75) is 20.3 Å². The van der Waals surface area contributed by atoms with Gasteiger partial charge in [0.15, 0.2) is 0 Å². The van der Waals surface area contributed by atoms with Crippen molar-refractivity contribution in [1.82, 2.24) is 0 Å². The third-order valence-corrected chi connectivity index (χ3v) is 2.26. The number of carbonyl (C=O) groups excluding carboxylic acids is 1. The quantitative estimate of drug-likeness (QED) is 0.327. The number of methoxy groups -OCH3 is 1. The molecular weight excluding hydrogens is 276 g/mol. The summed E-state index contributed by atoms with van der Waals surface area (Å²) in [7, 11) is 1.60. The van der Waals surface area contributed by atoms with Crippen molar-refractivity contribution >= 4 is 5.97 Å². The second-order valence-corrected chi connectivity index (χ2v) is 3.69. The zero-order valence-electron chi connectivity index (χ0n) is 12.8. The van der Waals surface area contributed by atoms with E-state index in [1.807, 2.05) is 13.8 Å². The Bertz CT molecular complexity index is 363. The fraction of sp³-hybridized carbons (Fsp3) is 0.533. The van der Waals surface area contributed by atoms with Crippen LogP contribution in [0.2, 0.25) is 0 Å². The highest BCUT2D eigenvalue weighted by Crippen LogP contribution is 2.13. The second kappa shape index (κ2) is 13.4. The molecule has 0 aliphatic heterocycles. The summed E-state index contributed by atoms with van der Waals surface area (Å²) >= 11 is 0. The topological polar surface area (TPSA) is 74.2 Å². The maximum absolute atomic E-state index is 11.6. The summed E-state index contributed by atoms with van der Waals surface area (Å²) in [6.45, 7) is 5.31. The van der Waals surface area contributed by atoms with Gasteiger partial charge < -0.3 is 14.2 Å². The van der Waals surface area contributed by atoms with Gasteiger partial charge in [-0.15, -0.1) is 0 Å². The van der Waals surface area contributed by atoms with Gasteiger partial charge in [0.05, 0.1) is 25.4 Å². The van der Waals surface area contributed by atoms with Gasteiger partial charge in [0.25, 0.3) is 0 Å². The second-order valence-electron chi connectivity index (χ2n) is 3.69. The minimum atomic E-state index is -0.415. The molecule has 0 unspecified atom stereocenters. The number of carbonyl (C=O) groups is 1. The van der Waals surface area contributed by atoms with Gasteiger partial charge >= 0.3 is 5.97 Å². The molecule has 1 N–H and O–H groups in total. The lowest BCUT2D eigenvalue weighted by Gasteiger charge is -2.07. The molecular formula is C15H24O6. The van der Waals surface area contributed by atoms with Crippen molar-refractivity contribution in [3.63, 3.8) is 0 Å². The van der Waals surface area contributed by atoms with Gasteiger partial charge in [-0.3, -0.25) is 5.26 Å². The summed E-state index contributed by atoms with van der Waals surface area (Å²) in [5.74, 6) is 0.253. The molecule has 0 bridgehead atoms. The summed E-state index contributed by atoms with van der Waals surface area (Å²) < 4.78 is 15.2. The number of benzene rings is 1. The van der Waals surface area contributed by atoms with E-state index in [0.29, 0.717) is 30.9 Å². The predicted molar refractivity (Wildman–Crippen MR) is 78.6 cm³/mol. The van der Waals surface area contributed by atoms with Gasteiger partial charge in [-0.1, -0.05) is 13.8 Å². The first kappa shape index (κ1) is 19.4. The van der Waals surface area contributed by atoms with E-state index in [0.717, 1.165) is 0 Å². The molecule has 1 aromatic rings. The van der Waals surface area contributed by atoms with Crippen molar-refractivity contribution < 1.29 is 29.1 Å². The predicted octanol–water partition coefficient (Wildman–Crippen LogP) is 2.77. The molecule has 0 saturated carbocycles. The Morgan fingerprint density at radius 2 is 1.71 bits per heavy atom. The van der Waals surface area contributed by atoms with Crippen LogP contribution in [0, 0.1) is 0 Å². The molecule has 1 rings (SSSR count). The Hall–Kier alpha value is -1.63. The van der Waals surface area contributed by atoms with Crippen LogP contribution in [-0.2, 0) is 14.4 Å². The lowest BCUT2D eigenvalue weighted by molar-refractivity contribution is -0.243. The molecule has 0 fully saturated rings. The van der Waals surface area contributed by atoms with Gasteiger partial charge in [0.1, 0.15) is 12.4 Å². The number of hydrogen-bond donors (Lipinski definition) is 1. The highest BCUT2D eigenvalue weighted by molar-refractivity contribution is 5.89. The monoisotopic (exact) mass is 300 g/mol. The van der Waals surface area contributed by atoms with E-state index in [1.165, 1.54) is 0 Å². The van der Waals surface area contributed by atoms with Gasteiger partial charge in [0.2, 0.25) is 0 Å². The van der Waals surface area contributed by atoms with Gasteiger partial charge in [-0.05, 0) is 24.3 Å². The van der Waals surface area contributed by atoms with Crippen LogP contribution in [0.4, 0.5) is 0 Å². The first-order chi connectivity index (χ1) is 10.3. The van der Waals surface area contributed by atoms with Crippen molar-refractivity contribution in [2.75, 3.05) is 33.5 Å². The third kappa shape index (κ3) is 9.01. The van der Waals surface area contributed by atoms with Gasteiger partial charge in [0, 0.05) is 13.5 Å². The SMILES string of the molecule is CC.COCCOc1ccc(C(=O)OCCCOO)cc1. The van der Waals surface area contributed by atoms with E-state index in [4.69, 9.17) is 19.5 Å². The standard InChI is InChI=1S/C13H18O6.C2H6/c1-16-9-10-17-12-5-3-11(4-6-12)13(14)18-7-2-8-19-15;1-2/h3-6,15H,2,7-10H2,1H3;1-2H3. The molecule has 120 valence electrons. The molecule has 21 heavy (non-hydrogen) atoms. The summed E-state index contributed by atoms with van der Waals surface area (Å²) in [4.78, 5) is 15.5. The summed E-state index contributed by atoms with van der Waals surface area (Å²) in [5.41, 5.74) is 0.448. The fourth-order valence-corrected chi connectivity index (χ4v) is 1.30. The molecule has 0 aliphatic carbocycles. The van der Waals surface area contributed by atoms with Crippen LogP contribution in [0.25, 0.3) is 0 Å². The van der Waals surface area contributed by atoms with E-state index in [9.17, 15) is 4.79 Å². The van der Waals surface area contributed by atoms with E-state index in [1.54, 1.807) is 31.4 Å². The third-order valence-electron chi connectivity index (χ3n) is 2.26. The summed E-state index contributed by atoms with van der Waals surface area (Å²) in [6.07, 6.45) is 0.445. The van der Waals surface area contributed by atoms with Gasteiger partial charge in [-0.2, -0.15) is 0 Å². The molecule has 0 saturated heterocycles. The summed E-state index contributed by atoms with van der Waals surface area (Å²) in [6, 6.07) is 6.66. The van der Waals surface area contributed by atoms with Crippen molar-refractivity contribution in [2.24, 2.45) is 0 Å². The maximum Gasteiger partial charge on any atom is 0.338 e. The minimum absolute atomic E-state index is 0.138. The molecule has 1 aromatic carbocycles. The van der Waals surface area contributed by atoms with Crippen LogP contribution in [0.15, 0.2) is 24.3 Å². The summed E-state index contributed by atoms with van der Waals surface area (Å²) in [5, 5.41) is 8.10. The van der Waals surface area contributed by atoms with E-state index in [-0.39, 0.29) is 13.2 Å². The first-order valence-corrected chi connectivity index (χ1v) is 6.93. The number of ether oxygens (including phenoxy) is 3. The Morgan fingerprint density at radius 3 is 2.29 bits per heavy atom. The number of rotatable bonds is 9.